The molecule has 0 aliphatic carbocycles. The third-order valence-electron chi connectivity index (χ3n) is 5.15. The number of anilines is 1. The van der Waals surface area contributed by atoms with Gasteiger partial charge in [-0.15, -0.1) is 0 Å². The molecule has 1 aliphatic rings. The lowest BCUT2D eigenvalue weighted by molar-refractivity contribution is -0.121. The third kappa shape index (κ3) is 5.50. The van der Waals surface area contributed by atoms with Gasteiger partial charge >= 0.3 is 6.03 Å². The minimum Gasteiger partial charge on any atom is -0.497 e. The number of likely N-dealkylation sites (tertiary alicyclic amines) is 1. The van der Waals surface area contributed by atoms with Gasteiger partial charge < -0.3 is 20.3 Å². The Labute approximate surface area is 172 Å². The number of piperidine rings is 1. The number of rotatable bonds is 5. The van der Waals surface area contributed by atoms with E-state index < -0.39 is 0 Å². The van der Waals surface area contributed by atoms with Crippen molar-refractivity contribution in [3.8, 4) is 5.75 Å². The predicted molar refractivity (Wildman–Crippen MR) is 114 cm³/mol. The highest BCUT2D eigenvalue weighted by atomic mass is 16.5. The van der Waals surface area contributed by atoms with Gasteiger partial charge in [-0.3, -0.25) is 4.79 Å². The summed E-state index contributed by atoms with van der Waals surface area (Å²) in [6.07, 6.45) is 0.706. The topological polar surface area (TPSA) is 70.7 Å². The molecule has 2 aromatic rings. The van der Waals surface area contributed by atoms with E-state index in [1.807, 2.05) is 56.3 Å². The molecule has 0 unspecified atom stereocenters. The van der Waals surface area contributed by atoms with E-state index in [-0.39, 0.29) is 29.8 Å². The second-order valence-electron chi connectivity index (χ2n) is 7.77. The van der Waals surface area contributed by atoms with Crippen molar-refractivity contribution < 1.29 is 14.3 Å². The molecule has 1 aliphatic heterocycles. The largest absolute Gasteiger partial charge is 0.497 e. The summed E-state index contributed by atoms with van der Waals surface area (Å²) in [5.74, 6) is 0.503. The average molecular weight is 396 g/mol. The van der Waals surface area contributed by atoms with Crippen LogP contribution in [0, 0.1) is 5.92 Å². The Morgan fingerprint density at radius 1 is 1.03 bits per heavy atom. The Hall–Kier alpha value is -3.02. The molecule has 0 radical (unpaired) electrons. The fourth-order valence-corrected chi connectivity index (χ4v) is 3.68. The first-order valence-corrected chi connectivity index (χ1v) is 10.0. The van der Waals surface area contributed by atoms with Gasteiger partial charge in [0.05, 0.1) is 13.0 Å². The number of carbonyl (C=O) groups excluding carboxylic acids is 2. The van der Waals surface area contributed by atoms with E-state index in [0.717, 1.165) is 17.0 Å². The number of nitrogens with zero attached hydrogens (tertiary/aromatic N) is 1. The molecule has 3 amide bonds. The van der Waals surface area contributed by atoms with E-state index in [9.17, 15) is 9.59 Å². The predicted octanol–water partition coefficient (Wildman–Crippen LogP) is 3.86. The third-order valence-corrected chi connectivity index (χ3v) is 5.15. The zero-order valence-electron chi connectivity index (χ0n) is 17.2. The summed E-state index contributed by atoms with van der Waals surface area (Å²) < 4.78 is 5.16. The smallest absolute Gasteiger partial charge is 0.317 e. The van der Waals surface area contributed by atoms with Crippen LogP contribution in [-0.4, -0.2) is 43.1 Å². The molecule has 2 atom stereocenters. The Morgan fingerprint density at radius 2 is 1.72 bits per heavy atom. The number of ether oxygens (including phenoxy) is 1. The lowest BCUT2D eigenvalue weighted by Crippen LogP contribution is -2.51. The van der Waals surface area contributed by atoms with Gasteiger partial charge in [-0.25, -0.2) is 4.79 Å². The summed E-state index contributed by atoms with van der Waals surface area (Å²) in [5.41, 5.74) is 1.87. The van der Waals surface area contributed by atoms with Crippen LogP contribution in [0.4, 0.5) is 10.5 Å². The molecule has 1 saturated heterocycles. The summed E-state index contributed by atoms with van der Waals surface area (Å²) in [7, 11) is 1.61. The minimum absolute atomic E-state index is 0.0474. The Balaban J connectivity index is 1.75. The highest BCUT2D eigenvalue weighted by Crippen LogP contribution is 2.31. The van der Waals surface area contributed by atoms with Crippen molar-refractivity contribution in [2.24, 2.45) is 5.92 Å². The quantitative estimate of drug-likeness (QED) is 0.808. The summed E-state index contributed by atoms with van der Waals surface area (Å²) in [6, 6.07) is 17.3. The maximum Gasteiger partial charge on any atom is 0.317 e. The number of urea groups is 1. The number of methoxy groups -OCH3 is 1. The van der Waals surface area contributed by atoms with Gasteiger partial charge in [0, 0.05) is 30.7 Å². The maximum atomic E-state index is 13.0. The van der Waals surface area contributed by atoms with Crippen LogP contribution in [0.1, 0.15) is 31.7 Å². The highest BCUT2D eigenvalue weighted by Gasteiger charge is 2.34. The fraction of sp³-hybridized carbons (Fsp3) is 0.391. The van der Waals surface area contributed by atoms with E-state index >= 15 is 0 Å². The summed E-state index contributed by atoms with van der Waals surface area (Å²) in [6.45, 7) is 4.88. The summed E-state index contributed by atoms with van der Waals surface area (Å²) in [5, 5.41) is 5.93. The lowest BCUT2D eigenvalue weighted by atomic mass is 9.84. The van der Waals surface area contributed by atoms with Crippen molar-refractivity contribution in [2.75, 3.05) is 25.5 Å². The van der Waals surface area contributed by atoms with Crippen molar-refractivity contribution in [2.45, 2.75) is 32.2 Å². The maximum absolute atomic E-state index is 13.0. The van der Waals surface area contributed by atoms with Crippen LogP contribution in [0.2, 0.25) is 0 Å². The second kappa shape index (κ2) is 9.45. The zero-order chi connectivity index (χ0) is 20.8. The SMILES string of the molecule is COc1ccc(NC(=O)[C@H]2C[C@@H](c3ccccc3)CN(C(=O)NC(C)C)C2)cc1. The van der Waals surface area contributed by atoms with Crippen LogP contribution >= 0.6 is 0 Å². The first-order valence-electron chi connectivity index (χ1n) is 10.0. The van der Waals surface area contributed by atoms with Crippen LogP contribution in [0.3, 0.4) is 0 Å². The van der Waals surface area contributed by atoms with Gasteiger partial charge in [0.15, 0.2) is 0 Å². The number of carbonyl (C=O) groups is 2. The van der Waals surface area contributed by atoms with Gasteiger partial charge in [-0.1, -0.05) is 30.3 Å². The second-order valence-corrected chi connectivity index (χ2v) is 7.77. The normalized spacial score (nSPS) is 19.0. The molecule has 0 saturated carbocycles. The van der Waals surface area contributed by atoms with Gasteiger partial charge in [0.1, 0.15) is 5.75 Å². The van der Waals surface area contributed by atoms with E-state index in [4.69, 9.17) is 4.74 Å². The number of hydrogen-bond acceptors (Lipinski definition) is 3. The number of amides is 3. The van der Waals surface area contributed by atoms with Crippen LogP contribution < -0.4 is 15.4 Å². The van der Waals surface area contributed by atoms with Gasteiger partial charge in [-0.2, -0.15) is 0 Å². The molecule has 29 heavy (non-hydrogen) atoms. The van der Waals surface area contributed by atoms with E-state index in [0.29, 0.717) is 19.5 Å². The Kier molecular flexibility index (Phi) is 6.75. The van der Waals surface area contributed by atoms with Crippen molar-refractivity contribution in [3.63, 3.8) is 0 Å². The molecular weight excluding hydrogens is 366 g/mol. The number of hydrogen-bond donors (Lipinski definition) is 2. The first-order chi connectivity index (χ1) is 14.0. The van der Waals surface area contributed by atoms with Gasteiger partial charge in [-0.05, 0) is 50.1 Å². The molecule has 2 N–H and O–H groups in total. The molecule has 1 heterocycles. The van der Waals surface area contributed by atoms with Crippen LogP contribution in [0.5, 0.6) is 5.75 Å². The van der Waals surface area contributed by atoms with Crippen molar-refractivity contribution in [1.29, 1.82) is 0 Å². The van der Waals surface area contributed by atoms with E-state index in [2.05, 4.69) is 22.8 Å². The van der Waals surface area contributed by atoms with Crippen LogP contribution in [0.15, 0.2) is 54.6 Å². The van der Waals surface area contributed by atoms with Crippen molar-refractivity contribution >= 4 is 17.6 Å². The summed E-state index contributed by atoms with van der Waals surface area (Å²) >= 11 is 0. The fourth-order valence-electron chi connectivity index (χ4n) is 3.68. The van der Waals surface area contributed by atoms with E-state index in [1.165, 1.54) is 0 Å². The highest BCUT2D eigenvalue weighted by molar-refractivity contribution is 5.93. The monoisotopic (exact) mass is 395 g/mol. The first kappa shape index (κ1) is 20.7. The molecule has 0 spiro atoms. The number of benzene rings is 2. The van der Waals surface area contributed by atoms with Gasteiger partial charge in [0.2, 0.25) is 5.91 Å². The van der Waals surface area contributed by atoms with E-state index in [1.54, 1.807) is 12.0 Å². The van der Waals surface area contributed by atoms with Crippen LogP contribution in [-0.2, 0) is 4.79 Å². The Morgan fingerprint density at radius 3 is 2.34 bits per heavy atom. The minimum atomic E-state index is -0.283. The molecular formula is C23H29N3O3. The molecule has 1 fully saturated rings. The Bertz CT molecular complexity index is 821. The summed E-state index contributed by atoms with van der Waals surface area (Å²) in [4.78, 5) is 27.4. The molecule has 0 aromatic heterocycles. The zero-order valence-corrected chi connectivity index (χ0v) is 17.2. The van der Waals surface area contributed by atoms with Gasteiger partial charge in [0.25, 0.3) is 0 Å². The molecule has 3 rings (SSSR count). The molecule has 0 bridgehead atoms. The molecule has 6 nitrogen and oxygen atoms in total. The van der Waals surface area contributed by atoms with Crippen molar-refractivity contribution in [1.82, 2.24) is 10.2 Å². The molecule has 154 valence electrons. The number of nitrogens with one attached hydrogen (secondary N) is 2. The molecule has 2 aromatic carbocycles. The average Bonchev–Trinajstić information content (AvgIpc) is 2.74. The van der Waals surface area contributed by atoms with Crippen LogP contribution in [0.25, 0.3) is 0 Å². The lowest BCUT2D eigenvalue weighted by Gasteiger charge is -2.37. The van der Waals surface area contributed by atoms with Crippen molar-refractivity contribution in [3.05, 3.63) is 60.2 Å². The molecule has 6 heteroatoms. The standard InChI is InChI=1S/C23H29N3O3/c1-16(2)24-23(28)26-14-18(17-7-5-4-6-8-17)13-19(15-26)22(27)25-20-9-11-21(29-3)12-10-20/h4-12,16,18-19H,13-15H2,1-3H3,(H,24,28)(H,25,27)/t18-,19+/m1/s1.